The van der Waals surface area contributed by atoms with Crippen LogP contribution < -0.4 is 10.2 Å². The number of aromatic amines is 1. The molecule has 5 N–H and O–H groups in total. The second kappa shape index (κ2) is 26.7. The highest BCUT2D eigenvalue weighted by atomic mass is 32.1. The minimum Gasteiger partial charge on any atom is -0.506 e. The molecule has 6 rings (SSSR count). The van der Waals surface area contributed by atoms with Crippen molar-refractivity contribution in [2.24, 2.45) is 0 Å². The fraction of sp³-hybridized carbons (Fsp3) is 0.556. The maximum atomic E-state index is 13.1. The summed E-state index contributed by atoms with van der Waals surface area (Å²) in [5.41, 5.74) is 4.37. The number of piperidine rings is 1. The molecule has 24 heteroatoms. The first-order valence-electron chi connectivity index (χ1n) is 22.3. The number of amides is 2. The van der Waals surface area contributed by atoms with Gasteiger partial charge in [0.1, 0.15) is 17.0 Å². The van der Waals surface area contributed by atoms with Crippen LogP contribution >= 0.6 is 22.7 Å². The van der Waals surface area contributed by atoms with E-state index in [1.165, 1.54) is 11.1 Å². The molecule has 2 aromatic carbocycles. The maximum absolute atomic E-state index is 13.1. The highest BCUT2D eigenvalue weighted by Gasteiger charge is 2.42. The van der Waals surface area contributed by atoms with Gasteiger partial charge >= 0.3 is 29.2 Å². The summed E-state index contributed by atoms with van der Waals surface area (Å²) in [6, 6.07) is 12.3. The lowest BCUT2D eigenvalue weighted by Crippen LogP contribution is -2.58. The van der Waals surface area contributed by atoms with Gasteiger partial charge in [0.05, 0.1) is 48.1 Å². The van der Waals surface area contributed by atoms with Gasteiger partial charge in [0.2, 0.25) is 5.91 Å². The number of rotatable bonds is 19. The minimum absolute atomic E-state index is 0.0306. The Bertz CT molecular complexity index is 2310. The molecule has 2 saturated heterocycles. The van der Waals surface area contributed by atoms with Gasteiger partial charge in [-0.05, 0) is 74.2 Å². The van der Waals surface area contributed by atoms with Crippen LogP contribution in [0.2, 0.25) is 0 Å². The molecule has 0 unspecified atom stereocenters. The summed E-state index contributed by atoms with van der Waals surface area (Å²) in [5, 5.41) is 30.6. The molecule has 4 aromatic rings. The topological polar surface area (TPSA) is 215 Å². The maximum Gasteiger partial charge on any atom is 0.490 e. The van der Waals surface area contributed by atoms with Crippen LogP contribution in [-0.4, -0.2) is 160 Å². The van der Waals surface area contributed by atoms with Gasteiger partial charge in [0.15, 0.2) is 0 Å². The number of aromatic nitrogens is 2. The number of benzene rings is 2. The van der Waals surface area contributed by atoms with Crippen molar-refractivity contribution in [1.29, 1.82) is 0 Å². The number of H-pyrrole nitrogens is 1. The third-order valence-corrected chi connectivity index (χ3v) is 13.2. The first kappa shape index (κ1) is 56.4. The number of aryl methyl sites for hydroxylation is 1. The summed E-state index contributed by atoms with van der Waals surface area (Å²) in [7, 11) is 0. The Labute approximate surface area is 402 Å². The van der Waals surface area contributed by atoms with E-state index in [4.69, 9.17) is 29.3 Å². The predicted octanol–water partition coefficient (Wildman–Crippen LogP) is 6.15. The Balaban J connectivity index is 0.000000645. The summed E-state index contributed by atoms with van der Waals surface area (Å²) in [6.07, 6.45) is -3.68. The zero-order chi connectivity index (χ0) is 50.8. The van der Waals surface area contributed by atoms with Crippen molar-refractivity contribution in [2.45, 2.75) is 83.2 Å². The van der Waals surface area contributed by atoms with Crippen LogP contribution in [-0.2, 0) is 49.5 Å². The summed E-state index contributed by atoms with van der Waals surface area (Å²) in [4.78, 5) is 69.1. The second-order valence-corrected chi connectivity index (χ2v) is 18.1. The molecule has 2 amide bonds. The van der Waals surface area contributed by atoms with E-state index in [2.05, 4.69) is 58.3 Å². The number of nitrogens with one attached hydrogen (secondary N) is 2. The number of nitrogens with zero attached hydrogens (tertiary/aromatic N) is 4. The van der Waals surface area contributed by atoms with E-state index in [0.29, 0.717) is 76.7 Å². The van der Waals surface area contributed by atoms with Crippen LogP contribution in [0.3, 0.4) is 0 Å². The lowest BCUT2D eigenvalue weighted by atomic mass is 9.89. The van der Waals surface area contributed by atoms with Crippen molar-refractivity contribution in [2.75, 3.05) is 78.7 Å². The monoisotopic (exact) mass is 1020 g/mol. The van der Waals surface area contributed by atoms with E-state index in [1.807, 2.05) is 21.2 Å². The number of fused-ring (bicyclic) bond motifs is 1. The highest BCUT2D eigenvalue weighted by molar-refractivity contribution is 7.16. The van der Waals surface area contributed by atoms with Crippen LogP contribution in [0.25, 0.3) is 10.2 Å². The van der Waals surface area contributed by atoms with Gasteiger partial charge in [-0.3, -0.25) is 14.4 Å². The fourth-order valence-electron chi connectivity index (χ4n) is 7.47. The largest absolute Gasteiger partial charge is 0.506 e. The van der Waals surface area contributed by atoms with E-state index in [-0.39, 0.29) is 28.0 Å². The molecule has 0 saturated carbocycles. The fourth-order valence-corrected chi connectivity index (χ4v) is 9.09. The number of aromatic hydroxyl groups is 1. The minimum atomic E-state index is -5.08. The molecule has 0 bridgehead atoms. The molecule has 2 aliphatic rings. The number of thiazole rings is 2. The number of carbonyl (C=O) groups excluding carboxylic acids is 2. The lowest BCUT2D eigenvalue weighted by molar-refractivity contribution is -0.193. The first-order chi connectivity index (χ1) is 32.6. The first-order valence-corrected chi connectivity index (χ1v) is 24.0. The van der Waals surface area contributed by atoms with Crippen molar-refractivity contribution < 1.29 is 70.3 Å². The van der Waals surface area contributed by atoms with Gasteiger partial charge in [0, 0.05) is 51.2 Å². The highest BCUT2D eigenvalue weighted by Crippen LogP contribution is 2.31. The van der Waals surface area contributed by atoms with Gasteiger partial charge in [-0.25, -0.2) is 14.6 Å². The Morgan fingerprint density at radius 2 is 1.54 bits per heavy atom. The summed E-state index contributed by atoms with van der Waals surface area (Å²) < 4.78 is 76.5. The molecule has 1 spiro atoms. The Kier molecular flexibility index (Phi) is 21.9. The standard InChI is InChI=1S/C41H56N6O6S2.2C2HF3O2/c1-3-19-46(23-18-42-17-11-32-9-10-34(48)37-38(32)55-40(51)44-37)36(49)14-26-52-25-13-31-7-5-30(6-8-31)12-20-45-21-15-41(16-22-45)29-47(24-27-53-41)39(50)33-28-54-35(4-2)43-33;2*3-2(4,5)1(6)7/h5-10,28,42,48H,3-4,11-27,29H2,1-2H3,(H,44,51);2*(H,6,7). The van der Waals surface area contributed by atoms with Gasteiger partial charge in [-0.15, -0.1) is 11.3 Å². The normalized spacial score (nSPS) is 15.0. The molecule has 0 radical (unpaired) electrons. The zero-order valence-electron chi connectivity index (χ0n) is 38.3. The van der Waals surface area contributed by atoms with Crippen LogP contribution in [0.4, 0.5) is 26.3 Å². The molecule has 0 aliphatic carbocycles. The van der Waals surface area contributed by atoms with Gasteiger partial charge in [-0.2, -0.15) is 26.3 Å². The van der Waals surface area contributed by atoms with Gasteiger partial charge in [-0.1, -0.05) is 55.5 Å². The van der Waals surface area contributed by atoms with E-state index >= 15 is 0 Å². The Morgan fingerprint density at radius 3 is 2.13 bits per heavy atom. The van der Waals surface area contributed by atoms with Crippen LogP contribution in [0, 0.1) is 0 Å². The number of hydrogen-bond acceptors (Lipinski definition) is 13. The number of aliphatic carboxylic acids is 2. The number of phenolic OH excluding ortho intramolecular Hbond substituents is 1. The third kappa shape index (κ3) is 18.3. The summed E-state index contributed by atoms with van der Waals surface area (Å²) >= 11 is 2.68. The van der Waals surface area contributed by atoms with Crippen molar-refractivity contribution in [3.63, 3.8) is 0 Å². The molecule has 382 valence electrons. The number of likely N-dealkylation sites (tertiary alicyclic amines) is 1. The van der Waals surface area contributed by atoms with E-state index in [1.54, 1.807) is 17.4 Å². The molecular formula is C45H58F6N6O10S2. The number of phenols is 1. The van der Waals surface area contributed by atoms with Crippen molar-refractivity contribution >= 4 is 56.6 Å². The van der Waals surface area contributed by atoms with E-state index < -0.39 is 24.3 Å². The molecule has 2 aromatic heterocycles. The molecule has 2 aliphatic heterocycles. The summed E-state index contributed by atoms with van der Waals surface area (Å²) in [5.74, 6) is -5.29. The van der Waals surface area contributed by atoms with Gasteiger partial charge in [0.25, 0.3) is 5.91 Å². The van der Waals surface area contributed by atoms with Crippen LogP contribution in [0.15, 0.2) is 46.6 Å². The lowest BCUT2D eigenvalue weighted by Gasteiger charge is -2.47. The molecule has 16 nitrogen and oxygen atoms in total. The predicted molar refractivity (Wildman–Crippen MR) is 246 cm³/mol. The van der Waals surface area contributed by atoms with Crippen molar-refractivity contribution in [1.82, 2.24) is 30.0 Å². The van der Waals surface area contributed by atoms with Crippen molar-refractivity contribution in [3.8, 4) is 5.75 Å². The molecule has 0 atom stereocenters. The van der Waals surface area contributed by atoms with Crippen LogP contribution in [0.1, 0.15) is 71.7 Å². The number of carboxylic acid groups (broad SMARTS) is 2. The quantitative estimate of drug-likeness (QED) is 0.0527. The number of halogens is 6. The number of morpholine rings is 1. The van der Waals surface area contributed by atoms with Crippen molar-refractivity contribution in [3.05, 3.63) is 78.8 Å². The van der Waals surface area contributed by atoms with E-state index in [0.717, 1.165) is 91.2 Å². The average Bonchev–Trinajstić information content (AvgIpc) is 3.96. The van der Waals surface area contributed by atoms with Crippen LogP contribution in [0.5, 0.6) is 5.75 Å². The molecular weight excluding hydrogens is 963 g/mol. The smallest absolute Gasteiger partial charge is 0.490 e. The number of hydrogen-bond donors (Lipinski definition) is 5. The molecule has 69 heavy (non-hydrogen) atoms. The molecule has 2 fully saturated rings. The summed E-state index contributed by atoms with van der Waals surface area (Å²) in [6.45, 7) is 12.6. The van der Waals surface area contributed by atoms with Gasteiger partial charge < -0.3 is 49.8 Å². The Morgan fingerprint density at radius 1 is 0.899 bits per heavy atom. The second-order valence-electron chi connectivity index (χ2n) is 16.2. The number of carboxylic acids is 2. The zero-order valence-corrected chi connectivity index (χ0v) is 39.9. The third-order valence-electron chi connectivity index (χ3n) is 11.2. The Hall–Kier alpha value is -5.14. The average molecular weight is 1020 g/mol. The van der Waals surface area contributed by atoms with E-state index in [9.17, 15) is 45.8 Å². The number of alkyl halides is 6. The SMILES string of the molecule is CCCN(CCNCCc1ccc(O)c2[nH]c(=O)sc12)C(=O)CCOCCc1ccc(CCN2CCC3(CC2)CN(C(=O)c2csc(CC)n2)CCO3)cc1.O=C(O)C(F)(F)F.O=C(O)C(F)(F)F. The number of carbonyl (C=O) groups is 4. The number of ether oxygens (including phenoxy) is 2. The molecule has 4 heterocycles.